The third kappa shape index (κ3) is 5.81. The Morgan fingerprint density at radius 3 is 2.70 bits per heavy atom. The summed E-state index contributed by atoms with van der Waals surface area (Å²) >= 11 is 6.19. The summed E-state index contributed by atoms with van der Waals surface area (Å²) in [6, 6.07) is 8.18. The van der Waals surface area contributed by atoms with Gasteiger partial charge in [0.15, 0.2) is 0 Å². The van der Waals surface area contributed by atoms with Crippen molar-refractivity contribution in [1.29, 1.82) is 5.26 Å². The fourth-order valence-corrected chi connectivity index (χ4v) is 2.17. The Morgan fingerprint density at radius 2 is 2.15 bits per heavy atom. The Bertz CT molecular complexity index is 478. The summed E-state index contributed by atoms with van der Waals surface area (Å²) < 4.78 is 5.66. The van der Waals surface area contributed by atoms with Crippen LogP contribution in [0.15, 0.2) is 18.2 Å². The molecule has 1 atom stereocenters. The fraction of sp³-hybridized carbons (Fsp3) is 0.562. The van der Waals surface area contributed by atoms with Crippen molar-refractivity contribution in [3.8, 4) is 11.8 Å². The number of nitrogens with zero attached hydrogens (tertiary/aromatic N) is 1. The van der Waals surface area contributed by atoms with Crippen molar-refractivity contribution < 1.29 is 4.74 Å². The molecule has 0 heterocycles. The predicted octanol–water partition coefficient (Wildman–Crippen LogP) is 3.94. The molecule has 1 aromatic carbocycles. The highest BCUT2D eigenvalue weighted by atomic mass is 35.5. The molecule has 0 aromatic heterocycles. The number of nitrogens with two attached hydrogens (primary N) is 1. The SMILES string of the molecule is CC(N)Cc1ccc(OCCCC(C)(C)C#N)c(Cl)c1. The average molecular weight is 295 g/mol. The summed E-state index contributed by atoms with van der Waals surface area (Å²) in [6.45, 7) is 6.40. The molecule has 1 unspecified atom stereocenters. The van der Waals surface area contributed by atoms with Gasteiger partial charge in [-0.3, -0.25) is 0 Å². The maximum Gasteiger partial charge on any atom is 0.137 e. The summed E-state index contributed by atoms with van der Waals surface area (Å²) in [7, 11) is 0. The van der Waals surface area contributed by atoms with Crippen molar-refractivity contribution in [1.82, 2.24) is 0 Å². The minimum Gasteiger partial charge on any atom is -0.492 e. The van der Waals surface area contributed by atoms with Crippen molar-refractivity contribution >= 4 is 11.6 Å². The monoisotopic (exact) mass is 294 g/mol. The molecule has 0 radical (unpaired) electrons. The quantitative estimate of drug-likeness (QED) is 0.775. The molecule has 0 saturated heterocycles. The Balaban J connectivity index is 2.47. The van der Waals surface area contributed by atoms with E-state index in [2.05, 4.69) is 6.07 Å². The highest BCUT2D eigenvalue weighted by Gasteiger charge is 2.15. The highest BCUT2D eigenvalue weighted by molar-refractivity contribution is 6.32. The van der Waals surface area contributed by atoms with Gasteiger partial charge in [-0.25, -0.2) is 0 Å². The van der Waals surface area contributed by atoms with Crippen LogP contribution in [0.1, 0.15) is 39.2 Å². The van der Waals surface area contributed by atoms with E-state index >= 15 is 0 Å². The molecule has 0 bridgehead atoms. The Morgan fingerprint density at radius 1 is 1.45 bits per heavy atom. The number of ether oxygens (including phenoxy) is 1. The zero-order valence-corrected chi connectivity index (χ0v) is 13.2. The molecule has 110 valence electrons. The van der Waals surface area contributed by atoms with Crippen molar-refractivity contribution in [2.45, 2.75) is 46.1 Å². The molecular formula is C16H23ClN2O. The van der Waals surface area contributed by atoms with Crippen LogP contribution < -0.4 is 10.5 Å². The molecule has 2 N–H and O–H groups in total. The maximum atomic E-state index is 8.93. The van der Waals surface area contributed by atoms with Crippen LogP contribution in [-0.2, 0) is 6.42 Å². The smallest absolute Gasteiger partial charge is 0.137 e. The van der Waals surface area contributed by atoms with Gasteiger partial charge >= 0.3 is 0 Å². The molecule has 1 aromatic rings. The molecule has 20 heavy (non-hydrogen) atoms. The van der Waals surface area contributed by atoms with E-state index in [-0.39, 0.29) is 11.5 Å². The summed E-state index contributed by atoms with van der Waals surface area (Å²) in [4.78, 5) is 0. The fourth-order valence-electron chi connectivity index (χ4n) is 1.91. The van der Waals surface area contributed by atoms with Gasteiger partial charge in [0.2, 0.25) is 0 Å². The minimum absolute atomic E-state index is 0.117. The van der Waals surface area contributed by atoms with Crippen LogP contribution in [0.5, 0.6) is 5.75 Å². The number of nitriles is 1. The van der Waals surface area contributed by atoms with E-state index < -0.39 is 0 Å². The molecular weight excluding hydrogens is 272 g/mol. The van der Waals surface area contributed by atoms with Gasteiger partial charge in [0.05, 0.1) is 23.1 Å². The first-order valence-corrected chi connectivity index (χ1v) is 7.30. The lowest BCUT2D eigenvalue weighted by atomic mass is 9.90. The normalized spacial score (nSPS) is 12.8. The lowest BCUT2D eigenvalue weighted by Crippen LogP contribution is -2.17. The van der Waals surface area contributed by atoms with Crippen LogP contribution in [0.2, 0.25) is 5.02 Å². The van der Waals surface area contributed by atoms with Crippen LogP contribution in [0.25, 0.3) is 0 Å². The Hall–Kier alpha value is -1.24. The topological polar surface area (TPSA) is 59.0 Å². The largest absolute Gasteiger partial charge is 0.492 e. The van der Waals surface area contributed by atoms with Crippen LogP contribution in [0, 0.1) is 16.7 Å². The van der Waals surface area contributed by atoms with Gasteiger partial charge < -0.3 is 10.5 Å². The van der Waals surface area contributed by atoms with Crippen molar-refractivity contribution in [3.05, 3.63) is 28.8 Å². The van der Waals surface area contributed by atoms with E-state index in [1.54, 1.807) is 0 Å². The van der Waals surface area contributed by atoms with E-state index in [1.165, 1.54) is 0 Å². The first kappa shape index (κ1) is 16.8. The zero-order valence-electron chi connectivity index (χ0n) is 12.4. The standard InChI is InChI=1S/C16H23ClN2O/c1-12(19)9-13-5-6-15(14(17)10-13)20-8-4-7-16(2,3)11-18/h5-6,10,12H,4,7-9,19H2,1-3H3. The molecule has 4 heteroatoms. The number of hydrogen-bond acceptors (Lipinski definition) is 3. The second kappa shape index (κ2) is 7.52. The highest BCUT2D eigenvalue weighted by Crippen LogP contribution is 2.27. The average Bonchev–Trinajstić information content (AvgIpc) is 2.36. The summed E-state index contributed by atoms with van der Waals surface area (Å²) in [5.74, 6) is 0.690. The molecule has 0 amide bonds. The number of benzene rings is 1. The van der Waals surface area contributed by atoms with E-state index in [1.807, 2.05) is 39.0 Å². The van der Waals surface area contributed by atoms with Crippen molar-refractivity contribution in [2.75, 3.05) is 6.61 Å². The van der Waals surface area contributed by atoms with Gasteiger partial charge in [-0.1, -0.05) is 17.7 Å². The summed E-state index contributed by atoms with van der Waals surface area (Å²) in [5.41, 5.74) is 6.58. The third-order valence-electron chi connectivity index (χ3n) is 3.06. The van der Waals surface area contributed by atoms with E-state index in [0.717, 1.165) is 24.8 Å². The van der Waals surface area contributed by atoms with E-state index in [0.29, 0.717) is 17.4 Å². The van der Waals surface area contributed by atoms with Gasteiger partial charge in [-0.05, 0) is 57.7 Å². The zero-order chi connectivity index (χ0) is 15.2. The third-order valence-corrected chi connectivity index (χ3v) is 3.36. The summed E-state index contributed by atoms with van der Waals surface area (Å²) in [5, 5.41) is 9.55. The Kier molecular flexibility index (Phi) is 6.32. The number of hydrogen-bond donors (Lipinski definition) is 1. The van der Waals surface area contributed by atoms with E-state index in [4.69, 9.17) is 27.3 Å². The van der Waals surface area contributed by atoms with Crippen LogP contribution in [0.4, 0.5) is 0 Å². The molecule has 1 rings (SSSR count). The number of rotatable bonds is 7. The first-order chi connectivity index (χ1) is 9.34. The van der Waals surface area contributed by atoms with Crippen LogP contribution >= 0.6 is 11.6 Å². The molecule has 0 aliphatic rings. The maximum absolute atomic E-state index is 8.93. The van der Waals surface area contributed by atoms with Crippen molar-refractivity contribution in [3.63, 3.8) is 0 Å². The molecule has 0 aliphatic heterocycles. The molecule has 0 aliphatic carbocycles. The second-order valence-electron chi connectivity index (χ2n) is 5.89. The Labute approximate surface area is 126 Å². The van der Waals surface area contributed by atoms with Gasteiger partial charge in [0, 0.05) is 6.04 Å². The van der Waals surface area contributed by atoms with Gasteiger partial charge in [-0.15, -0.1) is 0 Å². The number of halogens is 1. The van der Waals surface area contributed by atoms with E-state index in [9.17, 15) is 0 Å². The molecule has 3 nitrogen and oxygen atoms in total. The first-order valence-electron chi connectivity index (χ1n) is 6.92. The molecule has 0 fully saturated rings. The lowest BCUT2D eigenvalue weighted by molar-refractivity contribution is 0.284. The summed E-state index contributed by atoms with van der Waals surface area (Å²) in [6.07, 6.45) is 2.44. The van der Waals surface area contributed by atoms with Crippen LogP contribution in [-0.4, -0.2) is 12.6 Å². The van der Waals surface area contributed by atoms with Gasteiger partial charge in [-0.2, -0.15) is 5.26 Å². The van der Waals surface area contributed by atoms with Gasteiger partial charge in [0.25, 0.3) is 0 Å². The minimum atomic E-state index is -0.297. The molecule has 0 saturated carbocycles. The predicted molar refractivity (Wildman–Crippen MR) is 82.9 cm³/mol. The second-order valence-corrected chi connectivity index (χ2v) is 6.30. The van der Waals surface area contributed by atoms with Crippen molar-refractivity contribution in [2.24, 2.45) is 11.1 Å². The van der Waals surface area contributed by atoms with Gasteiger partial charge in [0.1, 0.15) is 5.75 Å². The van der Waals surface area contributed by atoms with Crippen LogP contribution in [0.3, 0.4) is 0 Å². The lowest BCUT2D eigenvalue weighted by Gasteiger charge is -2.15. The molecule has 0 spiro atoms.